The third-order valence-electron chi connectivity index (χ3n) is 1.74. The van der Waals surface area contributed by atoms with E-state index in [0.717, 1.165) is 0 Å². The van der Waals surface area contributed by atoms with E-state index in [9.17, 15) is 9.59 Å². The molecule has 0 bridgehead atoms. The molecule has 2 N–H and O–H groups in total. The van der Waals surface area contributed by atoms with Gasteiger partial charge in [0.1, 0.15) is 0 Å². The van der Waals surface area contributed by atoms with Crippen molar-refractivity contribution in [2.24, 2.45) is 0 Å². The number of nitrogens with zero attached hydrogens (tertiary/aromatic N) is 1. The van der Waals surface area contributed by atoms with Gasteiger partial charge in [0, 0.05) is 18.0 Å². The largest absolute Gasteiger partial charge is 0.344 e. The second-order valence-corrected chi connectivity index (χ2v) is 2.90. The first-order chi connectivity index (χ1) is 7.74. The molecular formula is C11H11N3O2. The summed E-state index contributed by atoms with van der Waals surface area (Å²) in [7, 11) is 0. The monoisotopic (exact) mass is 217 g/mol. The number of amides is 2. The van der Waals surface area contributed by atoms with Crippen LogP contribution in [0.4, 0.5) is 0 Å². The topological polar surface area (TPSA) is 71.1 Å². The average molecular weight is 217 g/mol. The lowest BCUT2D eigenvalue weighted by Gasteiger charge is -2.04. The second kappa shape index (κ2) is 6.19. The van der Waals surface area contributed by atoms with Crippen LogP contribution in [0.1, 0.15) is 10.4 Å². The molecule has 82 valence electrons. The normalized spacial score (nSPS) is 8.94. The van der Waals surface area contributed by atoms with Crippen molar-refractivity contribution in [1.29, 1.82) is 0 Å². The summed E-state index contributed by atoms with van der Waals surface area (Å²) in [5.74, 6) is 1.62. The molecule has 0 saturated heterocycles. The minimum absolute atomic E-state index is 0.0944. The third kappa shape index (κ3) is 3.80. The van der Waals surface area contributed by atoms with Crippen molar-refractivity contribution < 1.29 is 9.59 Å². The smallest absolute Gasteiger partial charge is 0.251 e. The molecular weight excluding hydrogens is 206 g/mol. The molecule has 1 aromatic rings. The van der Waals surface area contributed by atoms with Crippen molar-refractivity contribution in [2.45, 2.75) is 0 Å². The lowest BCUT2D eigenvalue weighted by molar-refractivity contribution is -0.119. The number of carbonyl (C=O) groups excluding carboxylic acids is 2. The summed E-state index contributed by atoms with van der Waals surface area (Å²) < 4.78 is 0. The Morgan fingerprint density at radius 2 is 2.00 bits per heavy atom. The van der Waals surface area contributed by atoms with E-state index in [0.29, 0.717) is 5.56 Å². The van der Waals surface area contributed by atoms with Gasteiger partial charge in [0.2, 0.25) is 5.91 Å². The standard InChI is InChI=1S/C11H11N3O2/c1-2-5-13-10(15)8-14-11(16)9-3-6-12-7-4-9/h1,3-4,6-7H,5,8H2,(H,13,15)(H,14,16). The van der Waals surface area contributed by atoms with Crippen molar-refractivity contribution in [3.05, 3.63) is 30.1 Å². The van der Waals surface area contributed by atoms with Gasteiger partial charge in [0.25, 0.3) is 5.91 Å². The van der Waals surface area contributed by atoms with E-state index >= 15 is 0 Å². The Kier molecular flexibility index (Phi) is 4.54. The van der Waals surface area contributed by atoms with Gasteiger partial charge in [0.05, 0.1) is 13.1 Å². The Balaban J connectivity index is 2.37. The number of carbonyl (C=O) groups is 2. The number of nitrogens with one attached hydrogen (secondary N) is 2. The minimum atomic E-state index is -0.321. The number of pyridine rings is 1. The number of hydrogen-bond donors (Lipinski definition) is 2. The first-order valence-electron chi connectivity index (χ1n) is 4.62. The fourth-order valence-corrected chi connectivity index (χ4v) is 0.978. The van der Waals surface area contributed by atoms with Crippen LogP contribution in [-0.2, 0) is 4.79 Å². The molecule has 0 aliphatic carbocycles. The molecule has 5 nitrogen and oxygen atoms in total. The Morgan fingerprint density at radius 1 is 1.31 bits per heavy atom. The summed E-state index contributed by atoms with van der Waals surface area (Å²) in [6.45, 7) is 0.0623. The summed E-state index contributed by atoms with van der Waals surface area (Å²) in [5.41, 5.74) is 0.458. The van der Waals surface area contributed by atoms with Gasteiger partial charge in [0.15, 0.2) is 0 Å². The molecule has 0 radical (unpaired) electrons. The SMILES string of the molecule is C#CCNC(=O)CNC(=O)c1ccncc1. The molecule has 5 heteroatoms. The van der Waals surface area contributed by atoms with Gasteiger partial charge in [-0.1, -0.05) is 5.92 Å². The number of aromatic nitrogens is 1. The minimum Gasteiger partial charge on any atom is -0.344 e. The highest BCUT2D eigenvalue weighted by Gasteiger charge is 2.06. The van der Waals surface area contributed by atoms with Crippen LogP contribution < -0.4 is 10.6 Å². The molecule has 1 aromatic heterocycles. The summed E-state index contributed by atoms with van der Waals surface area (Å²) in [6.07, 6.45) is 7.98. The maximum absolute atomic E-state index is 11.5. The fraction of sp³-hybridized carbons (Fsp3) is 0.182. The number of terminal acetylenes is 1. The van der Waals surface area contributed by atoms with Gasteiger partial charge in [-0.15, -0.1) is 6.42 Å². The summed E-state index contributed by atoms with van der Waals surface area (Å²) in [6, 6.07) is 3.13. The number of rotatable bonds is 4. The zero-order valence-corrected chi connectivity index (χ0v) is 8.56. The highest BCUT2D eigenvalue weighted by Crippen LogP contribution is 1.94. The van der Waals surface area contributed by atoms with Crippen molar-refractivity contribution in [2.75, 3.05) is 13.1 Å². The Labute approximate surface area is 93.3 Å². The van der Waals surface area contributed by atoms with E-state index in [1.54, 1.807) is 12.1 Å². The van der Waals surface area contributed by atoms with Gasteiger partial charge in [-0.2, -0.15) is 0 Å². The van der Waals surface area contributed by atoms with Crippen molar-refractivity contribution in [1.82, 2.24) is 15.6 Å². The van der Waals surface area contributed by atoms with Crippen LogP contribution in [0.25, 0.3) is 0 Å². The van der Waals surface area contributed by atoms with E-state index in [4.69, 9.17) is 6.42 Å². The Bertz CT molecular complexity index is 409. The molecule has 0 fully saturated rings. The van der Waals surface area contributed by atoms with E-state index in [-0.39, 0.29) is 24.9 Å². The van der Waals surface area contributed by atoms with Gasteiger partial charge >= 0.3 is 0 Å². The van der Waals surface area contributed by atoms with Gasteiger partial charge in [-0.3, -0.25) is 14.6 Å². The van der Waals surface area contributed by atoms with Crippen LogP contribution in [0.2, 0.25) is 0 Å². The highest BCUT2D eigenvalue weighted by molar-refractivity contribution is 5.96. The third-order valence-corrected chi connectivity index (χ3v) is 1.74. The highest BCUT2D eigenvalue weighted by atomic mass is 16.2. The molecule has 0 spiro atoms. The summed E-state index contributed by atoms with van der Waals surface area (Å²) in [5, 5.41) is 4.90. The van der Waals surface area contributed by atoms with Crippen LogP contribution in [0.3, 0.4) is 0 Å². The zero-order chi connectivity index (χ0) is 11.8. The Hall–Kier alpha value is -2.35. The van der Waals surface area contributed by atoms with E-state index in [1.807, 2.05) is 0 Å². The average Bonchev–Trinajstić information content (AvgIpc) is 2.34. The lowest BCUT2D eigenvalue weighted by Crippen LogP contribution is -2.37. The van der Waals surface area contributed by atoms with E-state index < -0.39 is 0 Å². The molecule has 1 heterocycles. The quantitative estimate of drug-likeness (QED) is 0.672. The maximum atomic E-state index is 11.5. The van der Waals surface area contributed by atoms with Crippen molar-refractivity contribution in [3.63, 3.8) is 0 Å². The van der Waals surface area contributed by atoms with Crippen LogP contribution in [-0.4, -0.2) is 29.9 Å². The van der Waals surface area contributed by atoms with Gasteiger partial charge in [-0.25, -0.2) is 0 Å². The molecule has 0 atom stereocenters. The molecule has 16 heavy (non-hydrogen) atoms. The van der Waals surface area contributed by atoms with Gasteiger partial charge in [-0.05, 0) is 12.1 Å². The lowest BCUT2D eigenvalue weighted by atomic mass is 10.2. The number of hydrogen-bond acceptors (Lipinski definition) is 3. The molecule has 0 aliphatic rings. The molecule has 0 saturated carbocycles. The maximum Gasteiger partial charge on any atom is 0.251 e. The van der Waals surface area contributed by atoms with Crippen LogP contribution in [0.5, 0.6) is 0 Å². The van der Waals surface area contributed by atoms with E-state index in [2.05, 4.69) is 21.5 Å². The molecule has 0 unspecified atom stereocenters. The second-order valence-electron chi connectivity index (χ2n) is 2.90. The molecule has 0 aromatic carbocycles. The first-order valence-corrected chi connectivity index (χ1v) is 4.62. The zero-order valence-electron chi connectivity index (χ0n) is 8.56. The first kappa shape index (κ1) is 11.7. The summed E-state index contributed by atoms with van der Waals surface area (Å²) in [4.78, 5) is 26.3. The molecule has 1 rings (SSSR count). The predicted molar refractivity (Wildman–Crippen MR) is 58.4 cm³/mol. The fourth-order valence-electron chi connectivity index (χ4n) is 0.978. The summed E-state index contributed by atoms with van der Waals surface area (Å²) >= 11 is 0. The van der Waals surface area contributed by atoms with Crippen molar-refractivity contribution in [3.8, 4) is 12.3 Å². The van der Waals surface area contributed by atoms with Crippen LogP contribution in [0, 0.1) is 12.3 Å². The predicted octanol–water partition coefficient (Wildman–Crippen LogP) is -0.439. The van der Waals surface area contributed by atoms with Crippen molar-refractivity contribution >= 4 is 11.8 Å². The van der Waals surface area contributed by atoms with Gasteiger partial charge < -0.3 is 10.6 Å². The van der Waals surface area contributed by atoms with Crippen LogP contribution in [0.15, 0.2) is 24.5 Å². The molecule has 0 aliphatic heterocycles. The van der Waals surface area contributed by atoms with E-state index in [1.165, 1.54) is 12.4 Å². The molecule has 2 amide bonds. The van der Waals surface area contributed by atoms with Crippen LogP contribution >= 0.6 is 0 Å². The Morgan fingerprint density at radius 3 is 2.62 bits per heavy atom.